The summed E-state index contributed by atoms with van der Waals surface area (Å²) < 4.78 is 15.8. The Bertz CT molecular complexity index is 529. The van der Waals surface area contributed by atoms with Crippen LogP contribution in [0, 0.1) is 0 Å². The van der Waals surface area contributed by atoms with Gasteiger partial charge in [0.1, 0.15) is 11.4 Å². The summed E-state index contributed by atoms with van der Waals surface area (Å²) in [5.74, 6) is 0.569. The fraction of sp³-hybridized carbons (Fsp3) is 0.500. The second kappa shape index (κ2) is 5.95. The van der Waals surface area contributed by atoms with Gasteiger partial charge in [-0.2, -0.15) is 0 Å². The molecule has 2 rings (SSSR count). The standard InChI is InChI=1S/C14H20BNO5/c1-14(2,3)20-13(17)16-8-11-9-6-5-7-10(19-4)12(9)15(18)21-11/h5-7,11,18H,8H2,1-4H3,(H,16,17)/t11-/m1/s1. The van der Waals surface area contributed by atoms with E-state index in [-0.39, 0.29) is 6.54 Å². The van der Waals surface area contributed by atoms with E-state index in [0.717, 1.165) is 5.56 Å². The van der Waals surface area contributed by atoms with Gasteiger partial charge in [-0.05, 0) is 32.4 Å². The van der Waals surface area contributed by atoms with Gasteiger partial charge in [0.15, 0.2) is 0 Å². The Hall–Kier alpha value is -1.73. The lowest BCUT2D eigenvalue weighted by Gasteiger charge is -2.21. The van der Waals surface area contributed by atoms with Crippen molar-refractivity contribution in [1.29, 1.82) is 0 Å². The minimum absolute atomic E-state index is 0.214. The number of alkyl carbamates (subject to hydrolysis) is 1. The van der Waals surface area contributed by atoms with Crippen molar-refractivity contribution in [2.45, 2.75) is 32.5 Å². The molecule has 1 atom stereocenters. The van der Waals surface area contributed by atoms with Gasteiger partial charge in [0.25, 0.3) is 0 Å². The van der Waals surface area contributed by atoms with Gasteiger partial charge >= 0.3 is 13.2 Å². The third kappa shape index (κ3) is 3.68. The van der Waals surface area contributed by atoms with E-state index < -0.39 is 24.9 Å². The van der Waals surface area contributed by atoms with Gasteiger partial charge in [-0.15, -0.1) is 0 Å². The normalized spacial score (nSPS) is 17.4. The maximum atomic E-state index is 11.7. The first-order chi connectivity index (χ1) is 9.81. The van der Waals surface area contributed by atoms with Crippen molar-refractivity contribution in [3.05, 3.63) is 23.8 Å². The predicted octanol–water partition coefficient (Wildman–Crippen LogP) is 0.979. The smallest absolute Gasteiger partial charge is 0.495 e. The summed E-state index contributed by atoms with van der Waals surface area (Å²) >= 11 is 0. The van der Waals surface area contributed by atoms with Crippen molar-refractivity contribution in [3.8, 4) is 5.75 Å². The van der Waals surface area contributed by atoms with Crippen LogP contribution in [0.3, 0.4) is 0 Å². The van der Waals surface area contributed by atoms with Crippen LogP contribution >= 0.6 is 0 Å². The number of hydrogen-bond donors (Lipinski definition) is 2. The fourth-order valence-electron chi connectivity index (χ4n) is 2.23. The van der Waals surface area contributed by atoms with Crippen LogP contribution in [0.25, 0.3) is 0 Å². The molecule has 1 amide bonds. The van der Waals surface area contributed by atoms with Crippen molar-refractivity contribution >= 4 is 18.7 Å². The summed E-state index contributed by atoms with van der Waals surface area (Å²) in [6.07, 6.45) is -0.949. The molecule has 0 spiro atoms. The largest absolute Gasteiger partial charge is 0.497 e. The molecular weight excluding hydrogens is 273 g/mol. The van der Waals surface area contributed by atoms with E-state index in [4.69, 9.17) is 14.1 Å². The second-order valence-corrected chi connectivity index (χ2v) is 5.82. The van der Waals surface area contributed by atoms with Gasteiger partial charge in [0.2, 0.25) is 0 Å². The molecular formula is C14H20BNO5. The van der Waals surface area contributed by atoms with Crippen LogP contribution in [0.1, 0.15) is 32.4 Å². The number of fused-ring (bicyclic) bond motifs is 1. The highest BCUT2D eigenvalue weighted by atomic mass is 16.6. The molecule has 0 aliphatic carbocycles. The van der Waals surface area contributed by atoms with Crippen LogP contribution in [0.5, 0.6) is 5.75 Å². The third-order valence-corrected chi connectivity index (χ3v) is 3.04. The molecule has 1 aliphatic rings. The Kier molecular flexibility index (Phi) is 4.44. The molecule has 2 N–H and O–H groups in total. The number of rotatable bonds is 3. The van der Waals surface area contributed by atoms with Crippen LogP contribution < -0.4 is 15.5 Å². The predicted molar refractivity (Wildman–Crippen MR) is 78.7 cm³/mol. The lowest BCUT2D eigenvalue weighted by atomic mass is 9.78. The van der Waals surface area contributed by atoms with Crippen LogP contribution in [0.15, 0.2) is 18.2 Å². The first-order valence-electron chi connectivity index (χ1n) is 6.79. The zero-order chi connectivity index (χ0) is 15.6. The number of carbonyl (C=O) groups is 1. The number of carbonyl (C=O) groups excluding carboxylic acids is 1. The molecule has 21 heavy (non-hydrogen) atoms. The number of amides is 1. The number of hydrogen-bond acceptors (Lipinski definition) is 5. The van der Waals surface area contributed by atoms with Gasteiger partial charge in [0, 0.05) is 12.0 Å². The number of ether oxygens (including phenoxy) is 2. The zero-order valence-electron chi connectivity index (χ0n) is 12.7. The van der Waals surface area contributed by atoms with E-state index in [0.29, 0.717) is 11.2 Å². The second-order valence-electron chi connectivity index (χ2n) is 5.82. The van der Waals surface area contributed by atoms with Gasteiger partial charge in [-0.3, -0.25) is 0 Å². The van der Waals surface area contributed by atoms with Crippen molar-refractivity contribution in [2.75, 3.05) is 13.7 Å². The fourth-order valence-corrected chi connectivity index (χ4v) is 2.23. The lowest BCUT2D eigenvalue weighted by Crippen LogP contribution is -2.35. The molecule has 7 heteroatoms. The molecule has 0 unspecified atom stereocenters. The Morgan fingerprint density at radius 2 is 2.19 bits per heavy atom. The molecule has 0 fully saturated rings. The average molecular weight is 293 g/mol. The molecule has 6 nitrogen and oxygen atoms in total. The van der Waals surface area contributed by atoms with E-state index in [9.17, 15) is 9.82 Å². The summed E-state index contributed by atoms with van der Waals surface area (Å²) in [5.41, 5.74) is 0.857. The highest BCUT2D eigenvalue weighted by Gasteiger charge is 2.37. The van der Waals surface area contributed by atoms with Crippen LogP contribution in [0.4, 0.5) is 4.79 Å². The molecule has 1 aromatic rings. The molecule has 1 aromatic carbocycles. The van der Waals surface area contributed by atoms with E-state index in [1.54, 1.807) is 26.8 Å². The molecule has 0 aromatic heterocycles. The topological polar surface area (TPSA) is 77.0 Å². The molecule has 1 aliphatic heterocycles. The maximum Gasteiger partial charge on any atom is 0.495 e. The SMILES string of the molecule is COc1cccc2c1B(O)O[C@@H]2CNC(=O)OC(C)(C)C. The maximum absolute atomic E-state index is 11.7. The summed E-state index contributed by atoms with van der Waals surface area (Å²) in [6.45, 7) is 5.60. The third-order valence-electron chi connectivity index (χ3n) is 3.04. The summed E-state index contributed by atoms with van der Waals surface area (Å²) in [5, 5.41) is 12.6. The summed E-state index contributed by atoms with van der Waals surface area (Å²) in [6, 6.07) is 5.42. The lowest BCUT2D eigenvalue weighted by molar-refractivity contribution is 0.0498. The van der Waals surface area contributed by atoms with Gasteiger partial charge in [-0.25, -0.2) is 4.79 Å². The number of methoxy groups -OCH3 is 1. The Morgan fingerprint density at radius 1 is 1.48 bits per heavy atom. The quantitative estimate of drug-likeness (QED) is 0.812. The summed E-state index contributed by atoms with van der Waals surface area (Å²) in [4.78, 5) is 11.7. The van der Waals surface area contributed by atoms with Crippen LogP contribution in [-0.4, -0.2) is 37.5 Å². The minimum Gasteiger partial charge on any atom is -0.497 e. The number of nitrogens with one attached hydrogen (secondary N) is 1. The van der Waals surface area contributed by atoms with Gasteiger partial charge < -0.3 is 24.5 Å². The van der Waals surface area contributed by atoms with Crippen molar-refractivity contribution < 1.29 is 23.9 Å². The Morgan fingerprint density at radius 3 is 2.81 bits per heavy atom. The molecule has 0 saturated heterocycles. The Balaban J connectivity index is 2.04. The first-order valence-corrected chi connectivity index (χ1v) is 6.79. The molecule has 0 radical (unpaired) electrons. The highest BCUT2D eigenvalue weighted by Crippen LogP contribution is 2.27. The minimum atomic E-state index is -1.05. The Labute approximate surface area is 124 Å². The zero-order valence-corrected chi connectivity index (χ0v) is 12.7. The van der Waals surface area contributed by atoms with Crippen molar-refractivity contribution in [2.24, 2.45) is 0 Å². The monoisotopic (exact) mass is 293 g/mol. The average Bonchev–Trinajstić information content (AvgIpc) is 2.71. The molecule has 1 heterocycles. The molecule has 114 valence electrons. The molecule has 0 saturated carbocycles. The van der Waals surface area contributed by atoms with Crippen LogP contribution in [0.2, 0.25) is 0 Å². The first kappa shape index (κ1) is 15.7. The van der Waals surface area contributed by atoms with E-state index >= 15 is 0 Å². The van der Waals surface area contributed by atoms with Crippen LogP contribution in [-0.2, 0) is 9.39 Å². The van der Waals surface area contributed by atoms with E-state index in [1.165, 1.54) is 7.11 Å². The highest BCUT2D eigenvalue weighted by molar-refractivity contribution is 6.62. The van der Waals surface area contributed by atoms with Crippen molar-refractivity contribution in [3.63, 3.8) is 0 Å². The number of benzene rings is 1. The van der Waals surface area contributed by atoms with Gasteiger partial charge in [0.05, 0.1) is 13.2 Å². The van der Waals surface area contributed by atoms with Gasteiger partial charge in [-0.1, -0.05) is 12.1 Å². The van der Waals surface area contributed by atoms with Crippen molar-refractivity contribution in [1.82, 2.24) is 5.32 Å². The molecule has 0 bridgehead atoms. The van der Waals surface area contributed by atoms with E-state index in [2.05, 4.69) is 5.32 Å². The van der Waals surface area contributed by atoms with E-state index in [1.807, 2.05) is 12.1 Å². The summed E-state index contributed by atoms with van der Waals surface area (Å²) in [7, 11) is 0.482.